The van der Waals surface area contributed by atoms with Crippen LogP contribution in [0.25, 0.3) is 16.6 Å². The SMILES string of the molecule is C/C=C(\N)c1cc2c(Nc3ccc(F)c(Cl)c3)ncnc2cc1OC.C=CCC1CN(C)C1.CCCCCCC(C)=O.NC=O. The number of aromatic nitrogens is 2. The minimum Gasteiger partial charge on any atom is -0.496 e. The molecule has 45 heavy (non-hydrogen) atoms. The molecule has 1 aliphatic heterocycles. The molecule has 0 radical (unpaired) electrons. The Labute approximate surface area is 271 Å². The van der Waals surface area contributed by atoms with Gasteiger partial charge in [-0.25, -0.2) is 14.4 Å². The van der Waals surface area contributed by atoms with E-state index >= 15 is 0 Å². The molecule has 1 aromatic heterocycles. The fraction of sp³-hybridized carbons (Fsp3) is 0.412. The van der Waals surface area contributed by atoms with Crippen LogP contribution >= 0.6 is 11.6 Å². The van der Waals surface area contributed by atoms with Gasteiger partial charge >= 0.3 is 0 Å². The predicted octanol–water partition coefficient (Wildman–Crippen LogP) is 7.27. The van der Waals surface area contributed by atoms with Gasteiger partial charge in [-0.1, -0.05) is 49.9 Å². The molecule has 9 nitrogen and oxygen atoms in total. The molecule has 0 aliphatic carbocycles. The fourth-order valence-electron chi connectivity index (χ4n) is 4.46. The van der Waals surface area contributed by atoms with Gasteiger partial charge in [0.15, 0.2) is 0 Å². The molecule has 4 rings (SSSR count). The largest absolute Gasteiger partial charge is 0.496 e. The number of nitrogens with two attached hydrogens (primary N) is 2. The number of Topliss-reactive ketones (excluding diaryl/α,β-unsaturated/α-hetero) is 1. The maximum absolute atomic E-state index is 13.3. The monoisotopic (exact) mass is 642 g/mol. The van der Waals surface area contributed by atoms with Crippen molar-refractivity contribution in [1.29, 1.82) is 0 Å². The molecular formula is C34H48ClFN6O3. The quantitative estimate of drug-likeness (QED) is 0.113. The van der Waals surface area contributed by atoms with E-state index in [4.69, 9.17) is 26.9 Å². The number of hydrogen-bond donors (Lipinski definition) is 3. The Kier molecular flexibility index (Phi) is 18.8. The Balaban J connectivity index is 0.000000413. The Morgan fingerprint density at radius 3 is 2.44 bits per heavy atom. The molecule has 0 spiro atoms. The number of methoxy groups -OCH3 is 1. The van der Waals surface area contributed by atoms with Crippen LogP contribution in [0.3, 0.4) is 0 Å². The lowest BCUT2D eigenvalue weighted by molar-refractivity contribution is -0.117. The number of benzene rings is 2. The van der Waals surface area contributed by atoms with Crippen molar-refractivity contribution in [1.82, 2.24) is 14.9 Å². The summed E-state index contributed by atoms with van der Waals surface area (Å²) in [5, 5.41) is 3.92. The van der Waals surface area contributed by atoms with Gasteiger partial charge in [-0.2, -0.15) is 0 Å². The van der Waals surface area contributed by atoms with E-state index in [1.807, 2.05) is 19.1 Å². The van der Waals surface area contributed by atoms with Gasteiger partial charge in [0, 0.05) is 47.9 Å². The molecule has 0 unspecified atom stereocenters. The molecule has 3 aromatic rings. The second kappa shape index (κ2) is 21.6. The lowest BCUT2D eigenvalue weighted by atomic mass is 9.98. The van der Waals surface area contributed by atoms with Crippen LogP contribution in [-0.4, -0.2) is 54.3 Å². The number of hydrogen-bond acceptors (Lipinski definition) is 8. The number of ketones is 1. The standard InChI is InChI=1S/C18H16ClFN4O.C8H16O.C7H13N.CH3NO/c1-3-15(21)11-7-12-16(8-17(11)25-2)22-9-23-18(12)24-10-4-5-14(20)13(19)6-10;1-3-4-5-6-7-8(2)9;1-3-4-7-5-8(2)6-7;2-1-3/h3-9H,21H2,1-2H3,(H,22,23,24);3-7H2,1-2H3;3,7H,1,4-6H2,2H3;1H,(H2,2,3)/b15-3-;;;. The third-order valence-electron chi connectivity index (χ3n) is 6.78. The maximum Gasteiger partial charge on any atom is 0.204 e. The zero-order valence-corrected chi connectivity index (χ0v) is 27.9. The van der Waals surface area contributed by atoms with Gasteiger partial charge < -0.3 is 31.2 Å². The van der Waals surface area contributed by atoms with Crippen LogP contribution < -0.4 is 21.5 Å². The Morgan fingerprint density at radius 1 is 1.22 bits per heavy atom. The first kappa shape index (κ1) is 39.0. The summed E-state index contributed by atoms with van der Waals surface area (Å²) in [6.07, 6.45) is 12.3. The summed E-state index contributed by atoms with van der Waals surface area (Å²) in [6, 6.07) is 8.03. The van der Waals surface area contributed by atoms with Crippen LogP contribution in [0.4, 0.5) is 15.9 Å². The average Bonchev–Trinajstić information content (AvgIpc) is 3.00. The molecule has 11 heteroatoms. The number of primary amides is 1. The number of carbonyl (C=O) groups excluding carboxylic acids is 2. The van der Waals surface area contributed by atoms with Gasteiger partial charge in [-0.15, -0.1) is 6.58 Å². The van der Waals surface area contributed by atoms with E-state index in [1.54, 1.807) is 32.2 Å². The number of amides is 1. The molecule has 1 aliphatic rings. The Morgan fingerprint density at radius 2 is 1.91 bits per heavy atom. The summed E-state index contributed by atoms with van der Waals surface area (Å²) < 4.78 is 18.7. The molecule has 2 heterocycles. The molecule has 0 saturated carbocycles. The van der Waals surface area contributed by atoms with Crippen molar-refractivity contribution in [3.8, 4) is 5.75 Å². The summed E-state index contributed by atoms with van der Waals surface area (Å²) in [6.45, 7) is 11.9. The number of unbranched alkanes of at least 4 members (excludes halogenated alkanes) is 3. The van der Waals surface area contributed by atoms with Crippen molar-refractivity contribution in [3.63, 3.8) is 0 Å². The molecule has 0 atom stereocenters. The van der Waals surface area contributed by atoms with Crippen molar-refractivity contribution in [2.45, 2.75) is 59.3 Å². The maximum atomic E-state index is 13.3. The smallest absolute Gasteiger partial charge is 0.204 e. The van der Waals surface area contributed by atoms with Crippen LogP contribution in [0.15, 0.2) is 55.4 Å². The van der Waals surface area contributed by atoms with Crippen molar-refractivity contribution in [2.75, 3.05) is 32.6 Å². The topological polar surface area (TPSA) is 136 Å². The van der Waals surface area contributed by atoms with Gasteiger partial charge in [0.2, 0.25) is 6.41 Å². The first-order chi connectivity index (χ1) is 21.5. The number of anilines is 2. The van der Waals surface area contributed by atoms with Crippen LogP contribution in [0, 0.1) is 11.7 Å². The number of ether oxygens (including phenoxy) is 1. The third-order valence-corrected chi connectivity index (χ3v) is 7.07. The molecule has 1 fully saturated rings. The van der Waals surface area contributed by atoms with E-state index in [9.17, 15) is 9.18 Å². The lowest BCUT2D eigenvalue weighted by Crippen LogP contribution is -2.43. The normalized spacial score (nSPS) is 12.6. The first-order valence-corrected chi connectivity index (χ1v) is 15.3. The highest BCUT2D eigenvalue weighted by Crippen LogP contribution is 2.32. The number of nitrogens with one attached hydrogen (secondary N) is 1. The van der Waals surface area contributed by atoms with Gasteiger partial charge in [0.1, 0.15) is 29.5 Å². The molecule has 246 valence electrons. The predicted molar refractivity (Wildman–Crippen MR) is 184 cm³/mol. The second-order valence-electron chi connectivity index (χ2n) is 10.6. The van der Waals surface area contributed by atoms with Gasteiger partial charge in [0.25, 0.3) is 0 Å². The number of nitrogens with zero attached hydrogens (tertiary/aromatic N) is 3. The molecule has 0 bridgehead atoms. The summed E-state index contributed by atoms with van der Waals surface area (Å²) >= 11 is 5.84. The number of likely N-dealkylation sites (tertiary alicyclic amines) is 1. The van der Waals surface area contributed by atoms with Crippen molar-refractivity contribution >= 4 is 51.9 Å². The summed E-state index contributed by atoms with van der Waals surface area (Å²) in [5.41, 5.74) is 12.9. The highest BCUT2D eigenvalue weighted by molar-refractivity contribution is 6.31. The zero-order valence-electron chi connectivity index (χ0n) is 27.1. The van der Waals surface area contributed by atoms with Crippen LogP contribution in [0.1, 0.15) is 64.9 Å². The summed E-state index contributed by atoms with van der Waals surface area (Å²) in [7, 11) is 3.73. The van der Waals surface area contributed by atoms with Crippen LogP contribution in [-0.2, 0) is 9.59 Å². The highest BCUT2D eigenvalue weighted by Gasteiger charge is 2.20. The molecule has 1 saturated heterocycles. The minimum absolute atomic E-state index is 0.0314. The highest BCUT2D eigenvalue weighted by atomic mass is 35.5. The number of halogens is 2. The van der Waals surface area contributed by atoms with Crippen molar-refractivity contribution in [2.24, 2.45) is 17.4 Å². The van der Waals surface area contributed by atoms with E-state index in [0.717, 1.165) is 29.7 Å². The van der Waals surface area contributed by atoms with E-state index in [-0.39, 0.29) is 11.4 Å². The Hall–Kier alpha value is -4.02. The molecule has 2 aromatic carbocycles. The number of carbonyl (C=O) groups is 2. The van der Waals surface area contributed by atoms with Crippen molar-refractivity contribution in [3.05, 3.63) is 71.8 Å². The number of rotatable bonds is 11. The van der Waals surface area contributed by atoms with Crippen molar-refractivity contribution < 1.29 is 18.7 Å². The number of allylic oxidation sites excluding steroid dienone is 2. The van der Waals surface area contributed by atoms with E-state index in [2.05, 4.69) is 46.5 Å². The minimum atomic E-state index is -0.479. The summed E-state index contributed by atoms with van der Waals surface area (Å²) in [5.74, 6) is 1.94. The van der Waals surface area contributed by atoms with Gasteiger partial charge in [-0.05, 0) is 63.9 Å². The van der Waals surface area contributed by atoms with Crippen LogP contribution in [0.5, 0.6) is 5.75 Å². The lowest BCUT2D eigenvalue weighted by Gasteiger charge is -2.35. The number of fused-ring (bicyclic) bond motifs is 1. The van der Waals surface area contributed by atoms with Crippen LogP contribution in [0.2, 0.25) is 5.02 Å². The first-order valence-electron chi connectivity index (χ1n) is 15.0. The molecular weight excluding hydrogens is 595 g/mol. The van der Waals surface area contributed by atoms with Gasteiger partial charge in [0.05, 0.1) is 17.6 Å². The van der Waals surface area contributed by atoms with E-state index in [1.165, 1.54) is 57.2 Å². The van der Waals surface area contributed by atoms with E-state index in [0.29, 0.717) is 34.3 Å². The average molecular weight is 643 g/mol. The fourth-order valence-corrected chi connectivity index (χ4v) is 4.64. The van der Waals surface area contributed by atoms with E-state index < -0.39 is 5.82 Å². The summed E-state index contributed by atoms with van der Waals surface area (Å²) in [4.78, 5) is 29.9. The molecule has 1 amide bonds. The zero-order chi connectivity index (χ0) is 33.8. The second-order valence-corrected chi connectivity index (χ2v) is 11.0. The Bertz CT molecular complexity index is 1400. The molecule has 5 N–H and O–H groups in total. The third kappa shape index (κ3) is 14.1. The van der Waals surface area contributed by atoms with Gasteiger partial charge in [-0.3, -0.25) is 4.79 Å².